The Labute approximate surface area is 111 Å². The lowest BCUT2D eigenvalue weighted by atomic mass is 10.1. The molecule has 2 rings (SSSR count). The maximum absolute atomic E-state index is 11.7. The lowest BCUT2D eigenvalue weighted by molar-refractivity contribution is -0.138. The van der Waals surface area contributed by atoms with Gasteiger partial charge in [-0.05, 0) is 19.1 Å². The minimum atomic E-state index is -3.15. The Morgan fingerprint density at radius 1 is 1.63 bits per heavy atom. The van der Waals surface area contributed by atoms with E-state index in [4.69, 9.17) is 9.52 Å². The molecule has 2 heterocycles. The number of rotatable bonds is 4. The predicted molar refractivity (Wildman–Crippen MR) is 68.5 cm³/mol. The SMILES string of the molecule is CC(c1ccco1)N1CCS(=O)(=O)CC1CC(=O)O. The summed E-state index contributed by atoms with van der Waals surface area (Å²) in [5.74, 6) is -0.313. The van der Waals surface area contributed by atoms with E-state index in [0.29, 0.717) is 6.54 Å². The Morgan fingerprint density at radius 3 is 2.95 bits per heavy atom. The van der Waals surface area contributed by atoms with Gasteiger partial charge in [0, 0.05) is 12.6 Å². The fourth-order valence-electron chi connectivity index (χ4n) is 2.48. The third kappa shape index (κ3) is 3.36. The van der Waals surface area contributed by atoms with E-state index in [0.717, 1.165) is 5.76 Å². The molecule has 0 aromatic carbocycles. The molecular formula is C12H17NO5S. The monoisotopic (exact) mass is 287 g/mol. The number of hydrogen-bond donors (Lipinski definition) is 1. The Morgan fingerprint density at radius 2 is 2.37 bits per heavy atom. The van der Waals surface area contributed by atoms with Gasteiger partial charge in [0.2, 0.25) is 0 Å². The Bertz CT molecular complexity index is 536. The first-order valence-electron chi connectivity index (χ1n) is 6.10. The van der Waals surface area contributed by atoms with Crippen molar-refractivity contribution < 1.29 is 22.7 Å². The fraction of sp³-hybridized carbons (Fsp3) is 0.583. The number of carboxylic acid groups (broad SMARTS) is 1. The summed E-state index contributed by atoms with van der Waals surface area (Å²) in [5, 5.41) is 8.92. The Balaban J connectivity index is 2.19. The topological polar surface area (TPSA) is 87.8 Å². The van der Waals surface area contributed by atoms with Crippen LogP contribution in [0.3, 0.4) is 0 Å². The molecule has 0 amide bonds. The summed E-state index contributed by atoms with van der Waals surface area (Å²) in [4.78, 5) is 12.8. The molecule has 1 N–H and O–H groups in total. The van der Waals surface area contributed by atoms with E-state index in [1.807, 2.05) is 17.9 Å². The van der Waals surface area contributed by atoms with Gasteiger partial charge in [-0.15, -0.1) is 0 Å². The number of carboxylic acids is 1. The van der Waals surface area contributed by atoms with Crippen LogP contribution in [0.1, 0.15) is 25.1 Å². The van der Waals surface area contributed by atoms with Crippen LogP contribution < -0.4 is 0 Å². The first-order chi connectivity index (χ1) is 8.89. The van der Waals surface area contributed by atoms with Crippen LogP contribution in [-0.4, -0.2) is 48.5 Å². The van der Waals surface area contributed by atoms with Gasteiger partial charge >= 0.3 is 5.97 Å². The van der Waals surface area contributed by atoms with Crippen LogP contribution in [-0.2, 0) is 14.6 Å². The number of hydrogen-bond acceptors (Lipinski definition) is 5. The molecule has 2 unspecified atom stereocenters. The first kappa shape index (κ1) is 14.1. The minimum absolute atomic E-state index is 0.0637. The zero-order chi connectivity index (χ0) is 14.0. The van der Waals surface area contributed by atoms with Gasteiger partial charge in [0.15, 0.2) is 9.84 Å². The second-order valence-electron chi connectivity index (χ2n) is 4.80. The van der Waals surface area contributed by atoms with Crippen molar-refractivity contribution in [3.63, 3.8) is 0 Å². The number of carbonyl (C=O) groups is 1. The van der Waals surface area contributed by atoms with Gasteiger partial charge < -0.3 is 9.52 Å². The number of furan rings is 1. The fourth-order valence-corrected chi connectivity index (χ4v) is 4.03. The van der Waals surface area contributed by atoms with Crippen molar-refractivity contribution in [1.82, 2.24) is 4.90 Å². The molecule has 1 aliphatic heterocycles. The summed E-state index contributed by atoms with van der Waals surface area (Å²) < 4.78 is 28.6. The molecule has 7 heteroatoms. The van der Waals surface area contributed by atoms with Crippen LogP contribution in [0.2, 0.25) is 0 Å². The molecule has 0 bridgehead atoms. The smallest absolute Gasteiger partial charge is 0.304 e. The van der Waals surface area contributed by atoms with Crippen molar-refractivity contribution in [3.05, 3.63) is 24.2 Å². The van der Waals surface area contributed by atoms with Gasteiger partial charge in [0.1, 0.15) is 5.76 Å². The molecule has 0 spiro atoms. The quantitative estimate of drug-likeness (QED) is 0.885. The molecule has 2 atom stereocenters. The molecule has 0 aliphatic carbocycles. The third-order valence-electron chi connectivity index (χ3n) is 3.44. The third-order valence-corrected chi connectivity index (χ3v) is 5.14. The normalized spacial score (nSPS) is 25.0. The van der Waals surface area contributed by atoms with Crippen molar-refractivity contribution in [2.24, 2.45) is 0 Å². The highest BCUT2D eigenvalue weighted by molar-refractivity contribution is 7.91. The van der Waals surface area contributed by atoms with E-state index in [1.54, 1.807) is 12.3 Å². The second kappa shape index (κ2) is 5.34. The highest BCUT2D eigenvalue weighted by atomic mass is 32.2. The number of nitrogens with zero attached hydrogens (tertiary/aromatic N) is 1. The summed E-state index contributed by atoms with van der Waals surface area (Å²) in [7, 11) is -3.15. The van der Waals surface area contributed by atoms with Crippen molar-refractivity contribution in [1.29, 1.82) is 0 Å². The van der Waals surface area contributed by atoms with E-state index >= 15 is 0 Å². The molecule has 19 heavy (non-hydrogen) atoms. The maximum atomic E-state index is 11.7. The number of sulfone groups is 1. The zero-order valence-corrected chi connectivity index (χ0v) is 11.5. The molecule has 1 fully saturated rings. The van der Waals surface area contributed by atoms with Gasteiger partial charge in [-0.3, -0.25) is 9.69 Å². The molecule has 0 saturated carbocycles. The standard InChI is InChI=1S/C12H17NO5S/c1-9(11-3-2-5-18-11)13-4-6-19(16,17)8-10(13)7-12(14)15/h2-3,5,9-10H,4,6-8H2,1H3,(H,14,15). The Kier molecular flexibility index (Phi) is 3.96. The lowest BCUT2D eigenvalue weighted by Crippen LogP contribution is -2.50. The molecule has 106 valence electrons. The molecule has 1 aromatic rings. The number of aliphatic carboxylic acids is 1. The first-order valence-corrected chi connectivity index (χ1v) is 7.92. The van der Waals surface area contributed by atoms with Crippen molar-refractivity contribution >= 4 is 15.8 Å². The molecular weight excluding hydrogens is 270 g/mol. The summed E-state index contributed by atoms with van der Waals surface area (Å²) in [6.45, 7) is 2.23. The molecule has 1 saturated heterocycles. The lowest BCUT2D eigenvalue weighted by Gasteiger charge is -2.38. The highest BCUT2D eigenvalue weighted by Crippen LogP contribution is 2.27. The second-order valence-corrected chi connectivity index (χ2v) is 7.02. The molecule has 0 radical (unpaired) electrons. The van der Waals surface area contributed by atoms with Crippen LogP contribution in [0.5, 0.6) is 0 Å². The van der Waals surface area contributed by atoms with E-state index in [-0.39, 0.29) is 24.0 Å². The van der Waals surface area contributed by atoms with Gasteiger partial charge in [-0.1, -0.05) is 0 Å². The molecule has 1 aromatic heterocycles. The van der Waals surface area contributed by atoms with Gasteiger partial charge in [0.05, 0.1) is 30.2 Å². The largest absolute Gasteiger partial charge is 0.481 e. The average molecular weight is 287 g/mol. The maximum Gasteiger partial charge on any atom is 0.304 e. The molecule has 1 aliphatic rings. The van der Waals surface area contributed by atoms with E-state index in [9.17, 15) is 13.2 Å². The molecule has 6 nitrogen and oxygen atoms in total. The van der Waals surface area contributed by atoms with Crippen LogP contribution in [0, 0.1) is 0 Å². The van der Waals surface area contributed by atoms with Crippen LogP contribution in [0.4, 0.5) is 0 Å². The summed E-state index contributed by atoms with van der Waals surface area (Å²) in [5.41, 5.74) is 0. The highest BCUT2D eigenvalue weighted by Gasteiger charge is 2.36. The van der Waals surface area contributed by atoms with Gasteiger partial charge in [0.25, 0.3) is 0 Å². The van der Waals surface area contributed by atoms with Gasteiger partial charge in [-0.2, -0.15) is 0 Å². The van der Waals surface area contributed by atoms with Crippen LogP contribution in [0.25, 0.3) is 0 Å². The van der Waals surface area contributed by atoms with E-state index in [2.05, 4.69) is 0 Å². The Hall–Kier alpha value is -1.34. The van der Waals surface area contributed by atoms with Crippen molar-refractivity contribution in [3.8, 4) is 0 Å². The summed E-state index contributed by atoms with van der Waals surface area (Å²) in [6.07, 6.45) is 1.38. The van der Waals surface area contributed by atoms with E-state index < -0.39 is 21.8 Å². The predicted octanol–water partition coefficient (Wildman–Crippen LogP) is 0.914. The van der Waals surface area contributed by atoms with Gasteiger partial charge in [-0.25, -0.2) is 8.42 Å². The average Bonchev–Trinajstić information content (AvgIpc) is 2.79. The van der Waals surface area contributed by atoms with Crippen molar-refractivity contribution in [2.45, 2.75) is 25.4 Å². The van der Waals surface area contributed by atoms with E-state index in [1.165, 1.54) is 0 Å². The van der Waals surface area contributed by atoms with Crippen LogP contribution in [0.15, 0.2) is 22.8 Å². The zero-order valence-electron chi connectivity index (χ0n) is 10.7. The summed E-state index contributed by atoms with van der Waals surface area (Å²) in [6, 6.07) is 2.94. The van der Waals surface area contributed by atoms with Crippen molar-refractivity contribution in [2.75, 3.05) is 18.1 Å². The van der Waals surface area contributed by atoms with Crippen LogP contribution >= 0.6 is 0 Å². The minimum Gasteiger partial charge on any atom is -0.481 e. The summed E-state index contributed by atoms with van der Waals surface area (Å²) >= 11 is 0.